The minimum Gasteiger partial charge on any atom is -0.370 e. The van der Waals surface area contributed by atoms with Gasteiger partial charge in [0.2, 0.25) is 0 Å². The summed E-state index contributed by atoms with van der Waals surface area (Å²) < 4.78 is 13.7. The molecule has 0 spiro atoms. The van der Waals surface area contributed by atoms with E-state index in [1.807, 2.05) is 40.6 Å². The molecule has 2 aromatic carbocycles. The molecule has 0 aliphatic heterocycles. The summed E-state index contributed by atoms with van der Waals surface area (Å²) in [7, 11) is 1.86. The summed E-state index contributed by atoms with van der Waals surface area (Å²) >= 11 is 1.94. The van der Waals surface area contributed by atoms with Crippen molar-refractivity contribution >= 4 is 34.0 Å². The Morgan fingerprint density at radius 2 is 2.05 bits per heavy atom. The van der Waals surface area contributed by atoms with Crippen molar-refractivity contribution in [2.24, 2.45) is 0 Å². The number of hydrogen-bond donors (Lipinski definition) is 0. The van der Waals surface area contributed by atoms with Gasteiger partial charge in [-0.2, -0.15) is 0 Å². The first kappa shape index (κ1) is 14.7. The van der Waals surface area contributed by atoms with Crippen molar-refractivity contribution in [3.63, 3.8) is 0 Å². The maximum Gasteiger partial charge on any atom is 0.282 e. The Labute approximate surface area is 129 Å². The third-order valence-electron chi connectivity index (χ3n) is 2.88. The summed E-state index contributed by atoms with van der Waals surface area (Å²) in [6.45, 7) is 0.533. The van der Waals surface area contributed by atoms with E-state index >= 15 is 0 Å². The zero-order valence-corrected chi connectivity index (χ0v) is 12.9. The molecule has 0 saturated carbocycles. The number of benzene rings is 2. The van der Waals surface area contributed by atoms with E-state index < -0.39 is 4.92 Å². The van der Waals surface area contributed by atoms with E-state index in [4.69, 9.17) is 0 Å². The van der Waals surface area contributed by atoms with Crippen LogP contribution in [0.4, 0.5) is 15.8 Å². The predicted molar refractivity (Wildman–Crippen MR) is 84.3 cm³/mol. The molecule has 0 aromatic heterocycles. The van der Waals surface area contributed by atoms with Crippen molar-refractivity contribution < 1.29 is 9.31 Å². The van der Waals surface area contributed by atoms with E-state index in [-0.39, 0.29) is 11.5 Å². The lowest BCUT2D eigenvalue weighted by Gasteiger charge is -2.19. The van der Waals surface area contributed by atoms with Gasteiger partial charge < -0.3 is 4.90 Å². The second-order valence-electron chi connectivity index (χ2n) is 4.38. The van der Waals surface area contributed by atoms with Gasteiger partial charge in [-0.1, -0.05) is 12.1 Å². The van der Waals surface area contributed by atoms with Gasteiger partial charge in [-0.25, -0.2) is 4.39 Å². The maximum atomic E-state index is 13.1. The summed E-state index contributed by atoms with van der Waals surface area (Å²) in [5, 5.41) is 10.8. The molecule has 0 amide bonds. The van der Waals surface area contributed by atoms with Gasteiger partial charge in [-0.3, -0.25) is 10.1 Å². The molecule has 2 rings (SSSR count). The number of anilines is 1. The molecule has 0 unspecified atom stereocenters. The van der Waals surface area contributed by atoms with Crippen molar-refractivity contribution in [1.82, 2.24) is 0 Å². The molecule has 4 nitrogen and oxygen atoms in total. The molecule has 0 aliphatic carbocycles. The van der Waals surface area contributed by atoms with Crippen molar-refractivity contribution in [3.05, 3.63) is 67.5 Å². The standard InChI is InChI=1S/C14H12FIN2O2/c1-17(9-10-3-2-4-11(15)7-10)12-5-6-14(18(19)20)13(16)8-12/h2-8H,9H2,1H3. The van der Waals surface area contributed by atoms with E-state index in [1.165, 1.54) is 18.2 Å². The fourth-order valence-corrected chi connectivity index (χ4v) is 2.58. The summed E-state index contributed by atoms with van der Waals surface area (Å²) in [4.78, 5) is 12.3. The van der Waals surface area contributed by atoms with Crippen LogP contribution in [0.1, 0.15) is 5.56 Å². The quantitative estimate of drug-likeness (QED) is 0.454. The molecule has 0 fully saturated rings. The molecule has 20 heavy (non-hydrogen) atoms. The Kier molecular flexibility index (Phi) is 4.53. The van der Waals surface area contributed by atoms with Gasteiger partial charge in [-0.15, -0.1) is 0 Å². The monoisotopic (exact) mass is 386 g/mol. The van der Waals surface area contributed by atoms with Crippen molar-refractivity contribution in [2.45, 2.75) is 6.54 Å². The summed E-state index contributed by atoms with van der Waals surface area (Å²) in [6.07, 6.45) is 0. The average molecular weight is 386 g/mol. The molecule has 0 heterocycles. The Morgan fingerprint density at radius 3 is 2.65 bits per heavy atom. The molecule has 0 atom stereocenters. The first-order valence-electron chi connectivity index (χ1n) is 5.87. The summed E-state index contributed by atoms with van der Waals surface area (Å²) in [5.41, 5.74) is 1.79. The highest BCUT2D eigenvalue weighted by Gasteiger charge is 2.13. The molecule has 0 N–H and O–H groups in total. The third-order valence-corrected chi connectivity index (χ3v) is 3.74. The van der Waals surface area contributed by atoms with Gasteiger partial charge in [-0.05, 0) is 52.4 Å². The second kappa shape index (κ2) is 6.17. The number of nitrogens with zero attached hydrogens (tertiary/aromatic N) is 2. The van der Waals surface area contributed by atoms with E-state index in [9.17, 15) is 14.5 Å². The zero-order chi connectivity index (χ0) is 14.7. The Balaban J connectivity index is 2.19. The minimum atomic E-state index is -0.405. The zero-order valence-electron chi connectivity index (χ0n) is 10.7. The second-order valence-corrected chi connectivity index (χ2v) is 5.54. The van der Waals surface area contributed by atoms with E-state index in [0.717, 1.165) is 11.3 Å². The predicted octanol–water partition coefficient (Wildman–Crippen LogP) is 3.97. The molecule has 104 valence electrons. The largest absolute Gasteiger partial charge is 0.370 e. The van der Waals surface area contributed by atoms with Crippen LogP contribution in [0.2, 0.25) is 0 Å². The number of nitro benzene ring substituents is 1. The molecule has 0 saturated heterocycles. The van der Waals surface area contributed by atoms with Gasteiger partial charge >= 0.3 is 0 Å². The van der Waals surface area contributed by atoms with Gasteiger partial charge in [0.1, 0.15) is 5.82 Å². The number of halogens is 2. The van der Waals surface area contributed by atoms with Crippen LogP contribution >= 0.6 is 22.6 Å². The summed E-state index contributed by atoms with van der Waals surface area (Å²) in [6, 6.07) is 11.3. The number of hydrogen-bond acceptors (Lipinski definition) is 3. The number of rotatable bonds is 4. The highest BCUT2D eigenvalue weighted by Crippen LogP contribution is 2.26. The van der Waals surface area contributed by atoms with Gasteiger partial charge in [0.25, 0.3) is 5.69 Å². The molecular formula is C14H12FIN2O2. The van der Waals surface area contributed by atoms with Crippen LogP contribution in [0, 0.1) is 19.5 Å². The van der Waals surface area contributed by atoms with Gasteiger partial charge in [0.15, 0.2) is 0 Å². The lowest BCUT2D eigenvalue weighted by Crippen LogP contribution is -2.16. The Hall–Kier alpha value is -1.70. The van der Waals surface area contributed by atoms with Crippen LogP contribution in [0.3, 0.4) is 0 Å². The van der Waals surface area contributed by atoms with E-state index in [0.29, 0.717) is 10.1 Å². The van der Waals surface area contributed by atoms with Crippen LogP contribution in [0.15, 0.2) is 42.5 Å². The minimum absolute atomic E-state index is 0.0912. The molecule has 6 heteroatoms. The highest BCUT2D eigenvalue weighted by molar-refractivity contribution is 14.1. The van der Waals surface area contributed by atoms with Crippen LogP contribution in [0.5, 0.6) is 0 Å². The fourth-order valence-electron chi connectivity index (χ4n) is 1.88. The SMILES string of the molecule is CN(Cc1cccc(F)c1)c1ccc([N+](=O)[O-])c(I)c1. The van der Waals surface area contributed by atoms with Crippen LogP contribution in [-0.2, 0) is 6.54 Å². The molecule has 0 radical (unpaired) electrons. The number of nitro groups is 1. The summed E-state index contributed by atoms with van der Waals surface area (Å²) in [5.74, 6) is -0.269. The van der Waals surface area contributed by atoms with Crippen molar-refractivity contribution in [1.29, 1.82) is 0 Å². The van der Waals surface area contributed by atoms with Gasteiger partial charge in [0, 0.05) is 25.3 Å². The topological polar surface area (TPSA) is 46.4 Å². The third kappa shape index (κ3) is 3.44. The van der Waals surface area contributed by atoms with Crippen molar-refractivity contribution in [2.75, 3.05) is 11.9 Å². The van der Waals surface area contributed by atoms with E-state index in [2.05, 4.69) is 0 Å². The molecular weight excluding hydrogens is 374 g/mol. The van der Waals surface area contributed by atoms with Gasteiger partial charge in [0.05, 0.1) is 8.49 Å². The van der Waals surface area contributed by atoms with E-state index in [1.54, 1.807) is 18.2 Å². The fraction of sp³-hybridized carbons (Fsp3) is 0.143. The smallest absolute Gasteiger partial charge is 0.282 e. The highest BCUT2D eigenvalue weighted by atomic mass is 127. The Bertz CT molecular complexity index is 649. The average Bonchev–Trinajstić information content (AvgIpc) is 2.38. The van der Waals surface area contributed by atoms with Crippen LogP contribution < -0.4 is 4.90 Å². The molecule has 0 bridgehead atoms. The Morgan fingerprint density at radius 1 is 1.30 bits per heavy atom. The molecule has 2 aromatic rings. The maximum absolute atomic E-state index is 13.1. The van der Waals surface area contributed by atoms with Crippen LogP contribution in [-0.4, -0.2) is 12.0 Å². The molecule has 0 aliphatic rings. The first-order chi connectivity index (χ1) is 9.47. The van der Waals surface area contributed by atoms with Crippen molar-refractivity contribution in [3.8, 4) is 0 Å². The normalized spacial score (nSPS) is 10.3. The lowest BCUT2D eigenvalue weighted by molar-refractivity contribution is -0.385. The first-order valence-corrected chi connectivity index (χ1v) is 6.95. The van der Waals surface area contributed by atoms with Crippen LogP contribution in [0.25, 0.3) is 0 Å². The lowest BCUT2D eigenvalue weighted by atomic mass is 10.2.